The van der Waals surface area contributed by atoms with Crippen LogP contribution in [0.3, 0.4) is 0 Å². The number of hydrogen-bond acceptors (Lipinski definition) is 6. The van der Waals surface area contributed by atoms with Gasteiger partial charge in [0, 0.05) is 24.0 Å². The van der Waals surface area contributed by atoms with Crippen LogP contribution < -0.4 is 20.3 Å². The van der Waals surface area contributed by atoms with Crippen LogP contribution in [0.5, 0.6) is 11.5 Å². The minimum absolute atomic E-state index is 0.135. The van der Waals surface area contributed by atoms with Crippen LogP contribution in [0.25, 0.3) is 0 Å². The number of carbonyl (C=O) groups excluding carboxylic acids is 2. The molecule has 2 aromatic rings. The molecule has 0 saturated carbocycles. The smallest absolute Gasteiger partial charge is 0.240 e. The van der Waals surface area contributed by atoms with Crippen LogP contribution in [-0.2, 0) is 9.59 Å². The zero-order valence-electron chi connectivity index (χ0n) is 20.0. The lowest BCUT2D eigenvalue weighted by molar-refractivity contribution is -0.122. The normalized spacial score (nSPS) is 11.0. The lowest BCUT2D eigenvalue weighted by Crippen LogP contribution is -2.17. The van der Waals surface area contributed by atoms with E-state index in [0.717, 1.165) is 48.3 Å². The van der Waals surface area contributed by atoms with Crippen molar-refractivity contribution in [1.82, 2.24) is 10.9 Å². The van der Waals surface area contributed by atoms with E-state index in [9.17, 15) is 9.59 Å². The van der Waals surface area contributed by atoms with Gasteiger partial charge in [0.05, 0.1) is 25.6 Å². The van der Waals surface area contributed by atoms with Crippen LogP contribution in [0, 0.1) is 0 Å². The van der Waals surface area contributed by atoms with Crippen LogP contribution in [0.2, 0.25) is 0 Å². The first kappa shape index (κ1) is 26.6. The Labute approximate surface area is 201 Å². The predicted molar refractivity (Wildman–Crippen MR) is 134 cm³/mol. The minimum Gasteiger partial charge on any atom is -0.493 e. The van der Waals surface area contributed by atoms with Crippen molar-refractivity contribution in [2.45, 2.75) is 52.4 Å². The summed E-state index contributed by atoms with van der Waals surface area (Å²) in [7, 11) is 0. The van der Waals surface area contributed by atoms with E-state index < -0.39 is 0 Å². The maximum Gasteiger partial charge on any atom is 0.240 e. The second-order valence-electron chi connectivity index (χ2n) is 7.44. The summed E-state index contributed by atoms with van der Waals surface area (Å²) in [5.41, 5.74) is 6.71. The third-order valence-electron chi connectivity index (χ3n) is 4.78. The Morgan fingerprint density at radius 2 is 1.12 bits per heavy atom. The van der Waals surface area contributed by atoms with Gasteiger partial charge in [-0.25, -0.2) is 10.9 Å². The first-order valence-corrected chi connectivity index (χ1v) is 11.7. The number of nitrogens with one attached hydrogen (secondary N) is 2. The molecule has 34 heavy (non-hydrogen) atoms. The van der Waals surface area contributed by atoms with E-state index in [2.05, 4.69) is 21.1 Å². The quantitative estimate of drug-likeness (QED) is 0.230. The molecule has 0 heterocycles. The summed E-state index contributed by atoms with van der Waals surface area (Å²) >= 11 is 0. The topological polar surface area (TPSA) is 101 Å². The van der Waals surface area contributed by atoms with Crippen LogP contribution in [0.1, 0.15) is 63.5 Å². The molecule has 182 valence electrons. The van der Waals surface area contributed by atoms with E-state index in [1.165, 1.54) is 0 Å². The number of amides is 2. The highest BCUT2D eigenvalue weighted by molar-refractivity contribution is 5.85. The molecule has 2 aromatic carbocycles. The Morgan fingerprint density at radius 3 is 1.53 bits per heavy atom. The van der Waals surface area contributed by atoms with Crippen molar-refractivity contribution >= 4 is 24.2 Å². The molecule has 0 aliphatic heterocycles. The average molecular weight is 467 g/mol. The molecule has 0 saturated heterocycles. The summed E-state index contributed by atoms with van der Waals surface area (Å²) in [4.78, 5) is 23.9. The molecular weight excluding hydrogens is 432 g/mol. The summed E-state index contributed by atoms with van der Waals surface area (Å²) in [6.07, 6.45) is 7.15. The molecule has 0 spiro atoms. The van der Waals surface area contributed by atoms with Gasteiger partial charge in [0.25, 0.3) is 0 Å². The maximum atomic E-state index is 11.9. The monoisotopic (exact) mass is 466 g/mol. The van der Waals surface area contributed by atoms with Crippen molar-refractivity contribution in [2.75, 3.05) is 13.2 Å². The molecule has 0 atom stereocenters. The third kappa shape index (κ3) is 10.3. The average Bonchev–Trinajstić information content (AvgIpc) is 2.84. The van der Waals surface area contributed by atoms with Gasteiger partial charge in [-0.15, -0.1) is 0 Å². The Kier molecular flexibility index (Phi) is 12.5. The fraction of sp³-hybridized carbons (Fsp3) is 0.385. The molecule has 0 bridgehead atoms. The fourth-order valence-electron chi connectivity index (χ4n) is 3.13. The zero-order valence-corrected chi connectivity index (χ0v) is 20.0. The number of ether oxygens (including phenoxy) is 2. The molecule has 8 nitrogen and oxygen atoms in total. The number of rotatable bonds is 15. The lowest BCUT2D eigenvalue weighted by Gasteiger charge is -2.06. The van der Waals surface area contributed by atoms with Gasteiger partial charge in [-0.2, -0.15) is 10.2 Å². The summed E-state index contributed by atoms with van der Waals surface area (Å²) in [6.45, 7) is 4.96. The van der Waals surface area contributed by atoms with E-state index in [1.54, 1.807) is 12.4 Å². The summed E-state index contributed by atoms with van der Waals surface area (Å²) in [5, 5.41) is 8.02. The Bertz CT molecular complexity index is 882. The van der Waals surface area contributed by atoms with E-state index >= 15 is 0 Å². The maximum absolute atomic E-state index is 11.9. The highest BCUT2D eigenvalue weighted by Crippen LogP contribution is 2.16. The molecule has 0 radical (unpaired) electrons. The molecule has 2 N–H and O–H groups in total. The summed E-state index contributed by atoms with van der Waals surface area (Å²) in [6, 6.07) is 15.0. The zero-order chi connectivity index (χ0) is 24.4. The van der Waals surface area contributed by atoms with Crippen molar-refractivity contribution in [3.8, 4) is 11.5 Å². The van der Waals surface area contributed by atoms with Crippen molar-refractivity contribution in [3.63, 3.8) is 0 Å². The molecule has 2 amide bonds. The highest BCUT2D eigenvalue weighted by Gasteiger charge is 2.04. The molecule has 0 fully saturated rings. The van der Waals surface area contributed by atoms with E-state index in [-0.39, 0.29) is 11.8 Å². The van der Waals surface area contributed by atoms with E-state index in [0.29, 0.717) is 26.1 Å². The number of benzene rings is 2. The highest BCUT2D eigenvalue weighted by atomic mass is 16.5. The van der Waals surface area contributed by atoms with E-state index in [4.69, 9.17) is 9.47 Å². The van der Waals surface area contributed by atoms with Gasteiger partial charge >= 0.3 is 0 Å². The minimum atomic E-state index is -0.135. The number of hydrogen-bond donors (Lipinski definition) is 2. The van der Waals surface area contributed by atoms with Crippen molar-refractivity contribution < 1.29 is 19.1 Å². The SMILES string of the molecule is CCOc1ccccc1C=NNC(=O)CCCCCCC(=O)NN=Cc1ccccc1OCC. The van der Waals surface area contributed by atoms with Gasteiger partial charge in [-0.05, 0) is 51.0 Å². The lowest BCUT2D eigenvalue weighted by atomic mass is 10.1. The molecule has 0 aliphatic carbocycles. The summed E-state index contributed by atoms with van der Waals surface area (Å²) < 4.78 is 11.0. The number of nitrogens with zero attached hydrogens (tertiary/aromatic N) is 2. The Morgan fingerprint density at radius 1 is 0.706 bits per heavy atom. The van der Waals surface area contributed by atoms with Crippen molar-refractivity contribution in [3.05, 3.63) is 59.7 Å². The Hall–Kier alpha value is -3.68. The van der Waals surface area contributed by atoms with Crippen LogP contribution in [-0.4, -0.2) is 37.5 Å². The molecule has 2 rings (SSSR count). The van der Waals surface area contributed by atoms with E-state index in [1.807, 2.05) is 62.4 Å². The predicted octanol–water partition coefficient (Wildman–Crippen LogP) is 4.43. The second-order valence-corrected chi connectivity index (χ2v) is 7.44. The van der Waals surface area contributed by atoms with Gasteiger partial charge in [0.1, 0.15) is 11.5 Å². The molecule has 0 aliphatic rings. The third-order valence-corrected chi connectivity index (χ3v) is 4.78. The van der Waals surface area contributed by atoms with Crippen molar-refractivity contribution in [2.24, 2.45) is 10.2 Å². The number of carbonyl (C=O) groups is 2. The molecule has 0 aromatic heterocycles. The first-order valence-electron chi connectivity index (χ1n) is 11.7. The van der Waals surface area contributed by atoms with Crippen LogP contribution >= 0.6 is 0 Å². The van der Waals surface area contributed by atoms with Crippen molar-refractivity contribution in [1.29, 1.82) is 0 Å². The molecule has 8 heteroatoms. The second kappa shape index (κ2) is 16.0. The standard InChI is InChI=1S/C26H34N4O4/c1-3-33-23-15-11-9-13-21(23)19-27-29-25(31)17-7-5-6-8-18-26(32)30-28-20-22-14-10-12-16-24(22)34-4-2/h9-16,19-20H,3-8,17-18H2,1-2H3,(H,29,31)(H,30,32). The molecular formula is C26H34N4O4. The summed E-state index contributed by atoms with van der Waals surface area (Å²) in [5.74, 6) is 1.19. The number of hydrazone groups is 2. The van der Waals surface area contributed by atoms with Crippen LogP contribution in [0.15, 0.2) is 58.7 Å². The van der Waals surface area contributed by atoms with Crippen LogP contribution in [0.4, 0.5) is 0 Å². The Balaban J connectivity index is 1.56. The first-order chi connectivity index (χ1) is 16.6. The fourth-order valence-corrected chi connectivity index (χ4v) is 3.13. The van der Waals surface area contributed by atoms with Gasteiger partial charge in [-0.1, -0.05) is 37.1 Å². The van der Waals surface area contributed by atoms with Gasteiger partial charge in [0.15, 0.2) is 0 Å². The van der Waals surface area contributed by atoms with Gasteiger partial charge < -0.3 is 9.47 Å². The molecule has 0 unspecified atom stereocenters. The largest absolute Gasteiger partial charge is 0.493 e. The van der Waals surface area contributed by atoms with Gasteiger partial charge in [0.2, 0.25) is 11.8 Å². The number of para-hydroxylation sites is 2. The van der Waals surface area contributed by atoms with Gasteiger partial charge in [-0.3, -0.25) is 9.59 Å². The number of unbranched alkanes of at least 4 members (excludes halogenated alkanes) is 3.